The zero-order valence-electron chi connectivity index (χ0n) is 17.4. The van der Waals surface area contributed by atoms with Gasteiger partial charge in [-0.15, -0.1) is 0 Å². The number of carbonyl (C=O) groups excluding carboxylic acids is 1. The molecule has 2 fully saturated rings. The van der Waals surface area contributed by atoms with E-state index in [0.29, 0.717) is 33.1 Å². The van der Waals surface area contributed by atoms with Gasteiger partial charge in [0.25, 0.3) is 5.91 Å². The van der Waals surface area contributed by atoms with Crippen molar-refractivity contribution in [2.24, 2.45) is 4.99 Å². The van der Waals surface area contributed by atoms with Crippen molar-refractivity contribution in [1.82, 2.24) is 0 Å². The molecule has 2 aliphatic heterocycles. The van der Waals surface area contributed by atoms with Crippen LogP contribution in [0.1, 0.15) is 0 Å². The highest BCUT2D eigenvalue weighted by Gasteiger charge is 2.50. The summed E-state index contributed by atoms with van der Waals surface area (Å²) in [6.07, 6.45) is 0. The topological polar surface area (TPSA) is 94.5 Å². The number of anilines is 1. The molecule has 0 radical (unpaired) electrons. The average Bonchev–Trinajstić information content (AvgIpc) is 3.23. The van der Waals surface area contributed by atoms with E-state index in [-0.39, 0.29) is 29.4 Å². The molecule has 2 aliphatic rings. The summed E-state index contributed by atoms with van der Waals surface area (Å²) in [5.74, 6) is 1.10. The van der Waals surface area contributed by atoms with Crippen LogP contribution in [0.15, 0.2) is 47.5 Å². The third-order valence-electron chi connectivity index (χ3n) is 5.11. The first-order valence-corrected chi connectivity index (χ1v) is 12.8. The molecule has 0 spiro atoms. The fourth-order valence-electron chi connectivity index (χ4n) is 3.65. The number of benzene rings is 2. The predicted octanol–water partition coefficient (Wildman–Crippen LogP) is 3.04. The van der Waals surface area contributed by atoms with Gasteiger partial charge in [0.1, 0.15) is 17.2 Å². The molecule has 0 unspecified atom stereocenters. The molecule has 2 saturated heterocycles. The summed E-state index contributed by atoms with van der Waals surface area (Å²) >= 11 is 7.14. The van der Waals surface area contributed by atoms with Crippen molar-refractivity contribution in [3.05, 3.63) is 47.5 Å². The largest absolute Gasteiger partial charge is 0.497 e. The van der Waals surface area contributed by atoms with Crippen molar-refractivity contribution in [1.29, 1.82) is 0 Å². The highest BCUT2D eigenvalue weighted by molar-refractivity contribution is 8.16. The fraction of sp³-hybridized carbons (Fsp3) is 0.333. The van der Waals surface area contributed by atoms with Crippen LogP contribution in [0.25, 0.3) is 0 Å². The molecule has 2 aromatic rings. The summed E-state index contributed by atoms with van der Waals surface area (Å²) in [5, 5.41) is 0.737. The lowest BCUT2D eigenvalue weighted by atomic mass is 10.2. The maximum atomic E-state index is 12.6. The van der Waals surface area contributed by atoms with Crippen LogP contribution in [0.5, 0.6) is 17.2 Å². The van der Waals surface area contributed by atoms with Crippen LogP contribution in [-0.4, -0.2) is 63.1 Å². The Morgan fingerprint density at radius 1 is 1.12 bits per heavy atom. The Labute approximate surface area is 195 Å². The standard InChI is InChI=1S/C21H21ClN2O6S2/c1-28-15-7-8-18(29-2)16(9-15)24-17-11-32(26,27)12-19(17)31-21(24)23-20(25)10-30-14-5-3-13(22)4-6-14/h3-9,17,19H,10-12H2,1-2H3/t17-,19+/m0/s1. The minimum absolute atomic E-state index is 0.0274. The first-order valence-electron chi connectivity index (χ1n) is 9.68. The SMILES string of the molecule is COc1ccc(OC)c(N2C(=NC(=O)COc3ccc(Cl)cc3)S[C@@H]3CS(=O)(=O)C[C@@H]32)c1. The van der Waals surface area contributed by atoms with E-state index in [1.165, 1.54) is 18.9 Å². The minimum Gasteiger partial charge on any atom is -0.497 e. The maximum absolute atomic E-state index is 12.6. The Bertz CT molecular complexity index is 1150. The number of aliphatic imine (C=N–C) groups is 1. The van der Waals surface area contributed by atoms with Gasteiger partial charge < -0.3 is 19.1 Å². The number of amidine groups is 1. The first kappa shape index (κ1) is 22.8. The van der Waals surface area contributed by atoms with Crippen molar-refractivity contribution in [3.63, 3.8) is 0 Å². The van der Waals surface area contributed by atoms with E-state index in [9.17, 15) is 13.2 Å². The zero-order valence-corrected chi connectivity index (χ0v) is 19.7. The highest BCUT2D eigenvalue weighted by Crippen LogP contribution is 2.44. The van der Waals surface area contributed by atoms with Gasteiger partial charge in [0.15, 0.2) is 21.6 Å². The smallest absolute Gasteiger partial charge is 0.285 e. The van der Waals surface area contributed by atoms with Gasteiger partial charge >= 0.3 is 0 Å². The second-order valence-electron chi connectivity index (χ2n) is 7.24. The van der Waals surface area contributed by atoms with E-state index in [2.05, 4.69) is 4.99 Å². The van der Waals surface area contributed by atoms with Gasteiger partial charge in [-0.05, 0) is 36.4 Å². The van der Waals surface area contributed by atoms with E-state index in [0.717, 1.165) is 0 Å². The molecular weight excluding hydrogens is 476 g/mol. The Hall–Kier alpha value is -2.43. The number of methoxy groups -OCH3 is 2. The number of amides is 1. The monoisotopic (exact) mass is 496 g/mol. The molecular formula is C21H21ClN2O6S2. The molecule has 4 rings (SSSR count). The van der Waals surface area contributed by atoms with Crippen LogP contribution < -0.4 is 19.1 Å². The number of nitrogens with zero attached hydrogens (tertiary/aromatic N) is 2. The Balaban J connectivity index is 1.63. The summed E-state index contributed by atoms with van der Waals surface area (Å²) in [4.78, 5) is 18.6. The normalized spacial score (nSPS) is 22.6. The first-order chi connectivity index (χ1) is 15.3. The van der Waals surface area contributed by atoms with Crippen molar-refractivity contribution in [3.8, 4) is 17.2 Å². The van der Waals surface area contributed by atoms with Crippen LogP contribution in [0.2, 0.25) is 5.02 Å². The Morgan fingerprint density at radius 3 is 2.53 bits per heavy atom. The molecule has 11 heteroatoms. The molecule has 0 saturated carbocycles. The van der Waals surface area contributed by atoms with Crippen LogP contribution >= 0.6 is 23.4 Å². The lowest BCUT2D eigenvalue weighted by Gasteiger charge is -2.26. The fourth-order valence-corrected chi connectivity index (χ4v) is 7.70. The molecule has 2 atom stereocenters. The number of fused-ring (bicyclic) bond motifs is 1. The van der Waals surface area contributed by atoms with Crippen molar-refractivity contribution in [2.75, 3.05) is 37.2 Å². The number of thioether (sulfide) groups is 1. The molecule has 170 valence electrons. The van der Waals surface area contributed by atoms with Crippen molar-refractivity contribution in [2.45, 2.75) is 11.3 Å². The van der Waals surface area contributed by atoms with E-state index in [1.807, 2.05) is 0 Å². The van der Waals surface area contributed by atoms with Gasteiger partial charge in [-0.25, -0.2) is 8.42 Å². The van der Waals surface area contributed by atoms with Crippen LogP contribution in [0.3, 0.4) is 0 Å². The second kappa shape index (κ2) is 9.21. The minimum atomic E-state index is -3.19. The van der Waals surface area contributed by atoms with Crippen LogP contribution in [-0.2, 0) is 14.6 Å². The third kappa shape index (κ3) is 4.82. The average molecular weight is 497 g/mol. The lowest BCUT2D eigenvalue weighted by Crippen LogP contribution is -2.38. The number of hydrogen-bond donors (Lipinski definition) is 0. The number of sulfone groups is 1. The van der Waals surface area contributed by atoms with Gasteiger partial charge in [0.2, 0.25) is 0 Å². The quantitative estimate of drug-likeness (QED) is 0.602. The number of halogens is 1. The molecule has 2 heterocycles. The molecule has 0 aliphatic carbocycles. The number of hydrogen-bond acceptors (Lipinski definition) is 7. The summed E-state index contributed by atoms with van der Waals surface area (Å²) in [5.41, 5.74) is 0.592. The second-order valence-corrected chi connectivity index (χ2v) is 11.0. The van der Waals surface area contributed by atoms with E-state index in [1.54, 1.807) is 54.5 Å². The van der Waals surface area contributed by atoms with Crippen molar-refractivity contribution < 1.29 is 27.4 Å². The summed E-state index contributed by atoms with van der Waals surface area (Å²) in [6.45, 7) is -0.261. The molecule has 8 nitrogen and oxygen atoms in total. The summed E-state index contributed by atoms with van der Waals surface area (Å²) < 4.78 is 40.9. The van der Waals surface area contributed by atoms with Gasteiger partial charge in [-0.3, -0.25) is 4.79 Å². The molecule has 0 aromatic heterocycles. The Morgan fingerprint density at radius 2 is 1.84 bits per heavy atom. The molecule has 0 N–H and O–H groups in total. The number of rotatable bonds is 6. The van der Waals surface area contributed by atoms with E-state index in [4.69, 9.17) is 25.8 Å². The zero-order chi connectivity index (χ0) is 22.9. The number of ether oxygens (including phenoxy) is 3. The number of carbonyl (C=O) groups is 1. The van der Waals surface area contributed by atoms with Crippen LogP contribution in [0, 0.1) is 0 Å². The summed E-state index contributed by atoms with van der Waals surface area (Å²) in [6, 6.07) is 11.5. The molecule has 1 amide bonds. The third-order valence-corrected chi connectivity index (χ3v) is 8.57. The lowest BCUT2D eigenvalue weighted by molar-refractivity contribution is -0.119. The van der Waals surface area contributed by atoms with Gasteiger partial charge in [0, 0.05) is 16.3 Å². The molecule has 2 aromatic carbocycles. The van der Waals surface area contributed by atoms with E-state index < -0.39 is 15.7 Å². The van der Waals surface area contributed by atoms with Gasteiger partial charge in [-0.2, -0.15) is 4.99 Å². The highest BCUT2D eigenvalue weighted by atomic mass is 35.5. The Kier molecular flexibility index (Phi) is 6.55. The van der Waals surface area contributed by atoms with Crippen LogP contribution in [0.4, 0.5) is 5.69 Å². The predicted molar refractivity (Wildman–Crippen MR) is 125 cm³/mol. The maximum Gasteiger partial charge on any atom is 0.285 e. The van der Waals surface area contributed by atoms with Gasteiger partial charge in [-0.1, -0.05) is 23.4 Å². The molecule has 0 bridgehead atoms. The summed E-state index contributed by atoms with van der Waals surface area (Å²) in [7, 11) is -0.125. The van der Waals surface area contributed by atoms with Gasteiger partial charge in [0.05, 0.1) is 37.5 Å². The van der Waals surface area contributed by atoms with E-state index >= 15 is 0 Å². The van der Waals surface area contributed by atoms with Crippen molar-refractivity contribution >= 4 is 50.0 Å². The molecule has 32 heavy (non-hydrogen) atoms.